The van der Waals surface area contributed by atoms with Crippen molar-refractivity contribution in [3.05, 3.63) is 11.3 Å². The zero-order valence-electron chi connectivity index (χ0n) is 10.8. The number of hydrogen-bond donors (Lipinski definition) is 2. The Morgan fingerprint density at radius 2 is 2.33 bits per heavy atom. The standard InChI is InChI=1S/C11H17N5O2/c1-8-9(6-12)11(16(2)15-8)14-7-10(17)13-4-5-18-3/h14H,4-5,7H2,1-3H3,(H,13,17). The van der Waals surface area contributed by atoms with Crippen LogP contribution in [-0.4, -0.2) is 42.5 Å². The van der Waals surface area contributed by atoms with Crippen molar-refractivity contribution >= 4 is 11.7 Å². The van der Waals surface area contributed by atoms with Gasteiger partial charge in [0.25, 0.3) is 0 Å². The van der Waals surface area contributed by atoms with Crippen LogP contribution < -0.4 is 10.6 Å². The van der Waals surface area contributed by atoms with Gasteiger partial charge in [-0.25, -0.2) is 0 Å². The second kappa shape index (κ2) is 6.61. The molecule has 0 bridgehead atoms. The van der Waals surface area contributed by atoms with Crippen molar-refractivity contribution in [2.24, 2.45) is 7.05 Å². The number of amides is 1. The molecule has 1 heterocycles. The van der Waals surface area contributed by atoms with Crippen molar-refractivity contribution < 1.29 is 9.53 Å². The highest BCUT2D eigenvalue weighted by Gasteiger charge is 2.13. The number of nitrogens with zero attached hydrogens (tertiary/aromatic N) is 3. The molecule has 0 aliphatic heterocycles. The quantitative estimate of drug-likeness (QED) is 0.682. The smallest absolute Gasteiger partial charge is 0.239 e. The zero-order valence-corrected chi connectivity index (χ0v) is 10.8. The van der Waals surface area contributed by atoms with Crippen molar-refractivity contribution in [2.45, 2.75) is 6.92 Å². The van der Waals surface area contributed by atoms with E-state index in [0.29, 0.717) is 30.2 Å². The number of rotatable bonds is 6. The molecule has 1 aromatic rings. The molecular weight excluding hydrogens is 234 g/mol. The Morgan fingerprint density at radius 3 is 2.94 bits per heavy atom. The van der Waals surface area contributed by atoms with Gasteiger partial charge in [0.15, 0.2) is 0 Å². The summed E-state index contributed by atoms with van der Waals surface area (Å²) in [5.74, 6) is 0.395. The highest BCUT2D eigenvalue weighted by atomic mass is 16.5. The van der Waals surface area contributed by atoms with Crippen molar-refractivity contribution in [3.63, 3.8) is 0 Å². The number of ether oxygens (including phenoxy) is 1. The minimum atomic E-state index is -0.158. The van der Waals surface area contributed by atoms with Crippen LogP contribution in [0.3, 0.4) is 0 Å². The fourth-order valence-electron chi connectivity index (χ4n) is 1.51. The van der Waals surface area contributed by atoms with E-state index in [2.05, 4.69) is 21.8 Å². The Balaban J connectivity index is 2.54. The minimum absolute atomic E-state index is 0.0946. The van der Waals surface area contributed by atoms with Crippen molar-refractivity contribution in [1.82, 2.24) is 15.1 Å². The monoisotopic (exact) mass is 251 g/mol. The van der Waals surface area contributed by atoms with E-state index in [1.807, 2.05) is 0 Å². The molecule has 1 amide bonds. The van der Waals surface area contributed by atoms with Crippen molar-refractivity contribution in [2.75, 3.05) is 32.1 Å². The predicted molar refractivity (Wildman–Crippen MR) is 66.0 cm³/mol. The van der Waals surface area contributed by atoms with Gasteiger partial charge >= 0.3 is 0 Å². The average molecular weight is 251 g/mol. The second-order valence-corrected chi connectivity index (χ2v) is 3.74. The lowest BCUT2D eigenvalue weighted by atomic mass is 10.2. The maximum Gasteiger partial charge on any atom is 0.239 e. The SMILES string of the molecule is COCCNC(=O)CNc1c(C#N)c(C)nn1C. The van der Waals surface area contributed by atoms with E-state index in [0.717, 1.165) is 0 Å². The van der Waals surface area contributed by atoms with Crippen LogP contribution in [-0.2, 0) is 16.6 Å². The summed E-state index contributed by atoms with van der Waals surface area (Å²) in [4.78, 5) is 11.5. The number of methoxy groups -OCH3 is 1. The van der Waals surface area contributed by atoms with Crippen LogP contribution >= 0.6 is 0 Å². The summed E-state index contributed by atoms with van der Waals surface area (Å²) in [5.41, 5.74) is 1.10. The third kappa shape index (κ3) is 3.46. The first kappa shape index (κ1) is 14.0. The molecular formula is C11H17N5O2. The Hall–Kier alpha value is -2.07. The first-order valence-electron chi connectivity index (χ1n) is 5.53. The minimum Gasteiger partial charge on any atom is -0.383 e. The molecule has 0 radical (unpaired) electrons. The van der Waals surface area contributed by atoms with Crippen LogP contribution in [0.15, 0.2) is 0 Å². The number of nitriles is 1. The Kier molecular flexibility index (Phi) is 5.14. The molecule has 7 nitrogen and oxygen atoms in total. The molecule has 7 heteroatoms. The summed E-state index contributed by atoms with van der Waals surface area (Å²) < 4.78 is 6.37. The maximum absolute atomic E-state index is 11.5. The van der Waals surface area contributed by atoms with Crippen LogP contribution in [0.4, 0.5) is 5.82 Å². The van der Waals surface area contributed by atoms with Crippen LogP contribution in [0.2, 0.25) is 0 Å². The molecule has 0 unspecified atom stereocenters. The average Bonchev–Trinajstić information content (AvgIpc) is 2.61. The number of aryl methyl sites for hydroxylation is 2. The first-order chi connectivity index (χ1) is 8.60. The van der Waals surface area contributed by atoms with Crippen molar-refractivity contribution in [3.8, 4) is 6.07 Å². The second-order valence-electron chi connectivity index (χ2n) is 3.74. The number of carbonyl (C=O) groups excluding carboxylic acids is 1. The topological polar surface area (TPSA) is 92.0 Å². The molecule has 0 aromatic carbocycles. The van der Waals surface area contributed by atoms with Gasteiger partial charge in [0.1, 0.15) is 17.5 Å². The summed E-state index contributed by atoms with van der Waals surface area (Å²) in [6.07, 6.45) is 0. The Labute approximate surface area is 106 Å². The lowest BCUT2D eigenvalue weighted by Gasteiger charge is -2.07. The third-order valence-corrected chi connectivity index (χ3v) is 2.38. The van der Waals surface area contributed by atoms with Crippen molar-refractivity contribution in [1.29, 1.82) is 5.26 Å². The highest BCUT2D eigenvalue weighted by molar-refractivity contribution is 5.80. The largest absolute Gasteiger partial charge is 0.383 e. The maximum atomic E-state index is 11.5. The fourth-order valence-corrected chi connectivity index (χ4v) is 1.51. The van der Waals surface area contributed by atoms with E-state index >= 15 is 0 Å². The molecule has 0 spiro atoms. The third-order valence-electron chi connectivity index (χ3n) is 2.38. The molecule has 2 N–H and O–H groups in total. The predicted octanol–water partition coefficient (Wildman–Crippen LogP) is -0.225. The molecule has 0 aliphatic carbocycles. The lowest BCUT2D eigenvalue weighted by Crippen LogP contribution is -2.32. The number of aromatic nitrogens is 2. The molecule has 0 atom stereocenters. The first-order valence-corrected chi connectivity index (χ1v) is 5.53. The van der Waals surface area contributed by atoms with Gasteiger partial charge in [0.05, 0.1) is 18.8 Å². The van der Waals surface area contributed by atoms with Gasteiger partial charge in [0.2, 0.25) is 5.91 Å². The normalized spacial score (nSPS) is 9.89. The van der Waals surface area contributed by atoms with E-state index in [-0.39, 0.29) is 12.5 Å². The number of nitrogens with one attached hydrogen (secondary N) is 2. The van der Waals surface area contributed by atoms with Gasteiger partial charge in [-0.1, -0.05) is 0 Å². The number of carbonyl (C=O) groups is 1. The van der Waals surface area contributed by atoms with Gasteiger partial charge in [-0.3, -0.25) is 9.48 Å². The molecule has 0 aliphatic rings. The van der Waals surface area contributed by atoms with E-state index in [9.17, 15) is 4.79 Å². The molecule has 18 heavy (non-hydrogen) atoms. The molecule has 1 rings (SSSR count). The van der Waals surface area contributed by atoms with Gasteiger partial charge in [-0.15, -0.1) is 0 Å². The molecule has 98 valence electrons. The summed E-state index contributed by atoms with van der Waals surface area (Å²) in [5, 5.41) is 18.7. The van der Waals surface area contributed by atoms with E-state index in [1.54, 1.807) is 25.8 Å². The van der Waals surface area contributed by atoms with E-state index in [1.165, 1.54) is 0 Å². The van der Waals surface area contributed by atoms with E-state index < -0.39 is 0 Å². The lowest BCUT2D eigenvalue weighted by molar-refractivity contribution is -0.119. The van der Waals surface area contributed by atoms with Crippen LogP contribution in [0.1, 0.15) is 11.3 Å². The van der Waals surface area contributed by atoms with Gasteiger partial charge < -0.3 is 15.4 Å². The van der Waals surface area contributed by atoms with Gasteiger partial charge in [-0.05, 0) is 6.92 Å². The molecule has 0 saturated carbocycles. The fraction of sp³-hybridized carbons (Fsp3) is 0.545. The molecule has 0 saturated heterocycles. The summed E-state index contributed by atoms with van der Waals surface area (Å²) in [7, 11) is 3.29. The summed E-state index contributed by atoms with van der Waals surface area (Å²) in [6.45, 7) is 2.78. The van der Waals surface area contributed by atoms with Gasteiger partial charge in [0, 0.05) is 20.7 Å². The number of hydrogen-bond acceptors (Lipinski definition) is 5. The van der Waals surface area contributed by atoms with Gasteiger partial charge in [-0.2, -0.15) is 10.4 Å². The highest BCUT2D eigenvalue weighted by Crippen LogP contribution is 2.16. The molecule has 0 fully saturated rings. The Morgan fingerprint density at radius 1 is 1.61 bits per heavy atom. The van der Waals surface area contributed by atoms with E-state index in [4.69, 9.17) is 10.00 Å². The van der Waals surface area contributed by atoms with Crippen LogP contribution in [0.25, 0.3) is 0 Å². The summed E-state index contributed by atoms with van der Waals surface area (Å²) in [6, 6.07) is 2.06. The van der Waals surface area contributed by atoms with Crippen LogP contribution in [0, 0.1) is 18.3 Å². The molecule has 1 aromatic heterocycles. The summed E-state index contributed by atoms with van der Waals surface area (Å²) >= 11 is 0. The zero-order chi connectivity index (χ0) is 13.5. The Bertz CT molecular complexity index is 461. The number of anilines is 1. The van der Waals surface area contributed by atoms with Crippen LogP contribution in [0.5, 0.6) is 0 Å².